The quantitative estimate of drug-likeness (QED) is 0.458. The van der Waals surface area contributed by atoms with Crippen molar-refractivity contribution in [3.8, 4) is 5.69 Å². The molecule has 2 aromatic heterocycles. The molecule has 5 heteroatoms. The Hall–Kier alpha value is -2.66. The maximum absolute atomic E-state index is 5.82. The molecule has 0 bridgehead atoms. The van der Waals surface area contributed by atoms with Crippen LogP contribution >= 0.6 is 12.2 Å². The van der Waals surface area contributed by atoms with Crippen LogP contribution in [0.1, 0.15) is 71.2 Å². The third-order valence-corrected chi connectivity index (χ3v) is 6.95. The lowest BCUT2D eigenvalue weighted by Crippen LogP contribution is -2.30. The molecule has 168 valence electrons. The van der Waals surface area contributed by atoms with Crippen molar-refractivity contribution in [3.63, 3.8) is 0 Å². The molecule has 0 amide bonds. The van der Waals surface area contributed by atoms with Crippen LogP contribution in [0.25, 0.3) is 5.69 Å². The minimum atomic E-state index is 0.0368. The Bertz CT molecular complexity index is 1110. The van der Waals surface area contributed by atoms with Crippen molar-refractivity contribution in [2.24, 2.45) is 0 Å². The van der Waals surface area contributed by atoms with Crippen molar-refractivity contribution >= 4 is 17.3 Å². The molecule has 0 aliphatic carbocycles. The van der Waals surface area contributed by atoms with Gasteiger partial charge in [-0.3, -0.25) is 4.98 Å². The SMILES string of the molecule is CCCCN1C(=S)N[C@@H](c2ccccn2)[C@@H]1c1cc(C)n(-c2c(C)cc(C)cc2C)c1C. The molecule has 1 aliphatic rings. The van der Waals surface area contributed by atoms with E-state index in [9.17, 15) is 0 Å². The van der Waals surface area contributed by atoms with Crippen molar-refractivity contribution < 1.29 is 0 Å². The number of aryl methyl sites for hydroxylation is 4. The fourth-order valence-electron chi connectivity index (χ4n) is 5.27. The first-order chi connectivity index (χ1) is 15.3. The highest BCUT2D eigenvalue weighted by Gasteiger charge is 2.41. The van der Waals surface area contributed by atoms with E-state index in [2.05, 4.69) is 91.6 Å². The van der Waals surface area contributed by atoms with Crippen molar-refractivity contribution in [2.45, 2.75) is 66.5 Å². The monoisotopic (exact) mass is 446 g/mol. The molecule has 0 saturated carbocycles. The normalized spacial score (nSPS) is 18.3. The Labute approximate surface area is 197 Å². The summed E-state index contributed by atoms with van der Waals surface area (Å²) in [6.07, 6.45) is 4.12. The van der Waals surface area contributed by atoms with Gasteiger partial charge in [0.25, 0.3) is 0 Å². The Morgan fingerprint density at radius 3 is 2.38 bits per heavy atom. The van der Waals surface area contributed by atoms with Crippen molar-refractivity contribution in [2.75, 3.05) is 6.54 Å². The van der Waals surface area contributed by atoms with Crippen molar-refractivity contribution in [1.82, 2.24) is 19.8 Å². The smallest absolute Gasteiger partial charge is 0.170 e. The largest absolute Gasteiger partial charge is 0.352 e. The lowest BCUT2D eigenvalue weighted by atomic mass is 9.96. The number of nitrogens with one attached hydrogen (secondary N) is 1. The second-order valence-electron chi connectivity index (χ2n) is 9.08. The predicted octanol–water partition coefficient (Wildman–Crippen LogP) is 6.19. The van der Waals surface area contributed by atoms with Gasteiger partial charge in [0.15, 0.2) is 5.11 Å². The summed E-state index contributed by atoms with van der Waals surface area (Å²) in [5, 5.41) is 4.41. The van der Waals surface area contributed by atoms with Gasteiger partial charge in [-0.25, -0.2) is 0 Å². The van der Waals surface area contributed by atoms with Crippen LogP contribution in [0.3, 0.4) is 0 Å². The molecule has 1 saturated heterocycles. The Morgan fingerprint density at radius 1 is 1.03 bits per heavy atom. The van der Waals surface area contributed by atoms with Gasteiger partial charge in [-0.2, -0.15) is 0 Å². The molecule has 32 heavy (non-hydrogen) atoms. The zero-order valence-electron chi connectivity index (χ0n) is 20.1. The number of hydrogen-bond acceptors (Lipinski definition) is 2. The van der Waals surface area contributed by atoms with Gasteiger partial charge >= 0.3 is 0 Å². The molecule has 4 nitrogen and oxygen atoms in total. The average molecular weight is 447 g/mol. The molecule has 2 atom stereocenters. The molecule has 4 rings (SSSR count). The molecule has 0 unspecified atom stereocenters. The van der Waals surface area contributed by atoms with Crippen molar-refractivity contribution in [3.05, 3.63) is 81.9 Å². The molecular weight excluding hydrogens is 412 g/mol. The van der Waals surface area contributed by atoms with E-state index in [-0.39, 0.29) is 12.1 Å². The van der Waals surface area contributed by atoms with E-state index in [0.717, 1.165) is 30.2 Å². The number of rotatable bonds is 6. The zero-order chi connectivity index (χ0) is 23.0. The van der Waals surface area contributed by atoms with Gasteiger partial charge in [-0.1, -0.05) is 37.1 Å². The van der Waals surface area contributed by atoms with E-state index in [0.29, 0.717) is 0 Å². The third kappa shape index (κ3) is 3.95. The maximum Gasteiger partial charge on any atom is 0.170 e. The number of benzene rings is 1. The van der Waals surface area contributed by atoms with Crippen LogP contribution in [0.15, 0.2) is 42.6 Å². The van der Waals surface area contributed by atoms with E-state index in [4.69, 9.17) is 12.2 Å². The minimum absolute atomic E-state index is 0.0368. The highest BCUT2D eigenvalue weighted by molar-refractivity contribution is 7.80. The fraction of sp³-hybridized carbons (Fsp3) is 0.407. The van der Waals surface area contributed by atoms with E-state index in [1.54, 1.807) is 0 Å². The van der Waals surface area contributed by atoms with Crippen LogP contribution in [0, 0.1) is 34.6 Å². The van der Waals surface area contributed by atoms with Crippen molar-refractivity contribution in [1.29, 1.82) is 0 Å². The average Bonchev–Trinajstić information content (AvgIpc) is 3.22. The number of aromatic nitrogens is 2. The Balaban J connectivity index is 1.86. The van der Waals surface area contributed by atoms with E-state index in [1.807, 2.05) is 12.3 Å². The third-order valence-electron chi connectivity index (χ3n) is 6.60. The molecule has 0 radical (unpaired) electrons. The van der Waals surface area contributed by atoms with Gasteiger partial charge in [0, 0.05) is 24.1 Å². The minimum Gasteiger partial charge on any atom is -0.352 e. The molecule has 1 aliphatic heterocycles. The molecule has 3 aromatic rings. The summed E-state index contributed by atoms with van der Waals surface area (Å²) in [4.78, 5) is 7.06. The molecule has 1 aromatic carbocycles. The number of thiocarbonyl (C=S) groups is 1. The zero-order valence-corrected chi connectivity index (χ0v) is 20.9. The van der Waals surface area contributed by atoms with Crippen LogP contribution < -0.4 is 5.32 Å². The summed E-state index contributed by atoms with van der Waals surface area (Å²) in [5.74, 6) is 0. The maximum atomic E-state index is 5.82. The van der Waals surface area contributed by atoms with Gasteiger partial charge in [0.1, 0.15) is 0 Å². The topological polar surface area (TPSA) is 33.1 Å². The summed E-state index contributed by atoms with van der Waals surface area (Å²) < 4.78 is 2.42. The summed E-state index contributed by atoms with van der Waals surface area (Å²) in [6.45, 7) is 14.2. The standard InChI is InChI=1S/C27H34N4S/c1-7-8-13-30-26(24(29-27(30)32)23-11-9-10-12-28-23)22-16-20(5)31(21(22)6)25-18(3)14-17(2)15-19(25)4/h9-12,14-16,24,26H,7-8,13H2,1-6H3,(H,29,32)/t24-,26-/m0/s1. The number of hydrogen-bond donors (Lipinski definition) is 1. The van der Waals surface area contributed by atoms with Gasteiger partial charge in [-0.15, -0.1) is 0 Å². The first-order valence-electron chi connectivity index (χ1n) is 11.6. The lowest BCUT2D eigenvalue weighted by molar-refractivity contribution is 0.312. The molecule has 1 N–H and O–H groups in total. The van der Waals surface area contributed by atoms with E-state index >= 15 is 0 Å². The Kier molecular flexibility index (Phi) is 6.38. The van der Waals surface area contributed by atoms with E-state index in [1.165, 1.54) is 39.3 Å². The van der Waals surface area contributed by atoms with E-state index < -0.39 is 0 Å². The summed E-state index contributed by atoms with van der Waals surface area (Å²) in [7, 11) is 0. The Morgan fingerprint density at radius 2 is 1.75 bits per heavy atom. The fourth-order valence-corrected chi connectivity index (χ4v) is 5.60. The van der Waals surface area contributed by atoms with Crippen LogP contribution in [0.2, 0.25) is 0 Å². The first-order valence-corrected chi connectivity index (χ1v) is 12.0. The highest BCUT2D eigenvalue weighted by atomic mass is 32.1. The van der Waals surface area contributed by atoms with Gasteiger partial charge in [-0.05, 0) is 88.1 Å². The summed E-state index contributed by atoms with van der Waals surface area (Å²) in [6, 6.07) is 13.2. The first kappa shape index (κ1) is 22.5. The molecule has 3 heterocycles. The van der Waals surface area contributed by atoms with Crippen LogP contribution in [0.5, 0.6) is 0 Å². The second-order valence-corrected chi connectivity index (χ2v) is 9.47. The summed E-state index contributed by atoms with van der Waals surface area (Å²) >= 11 is 5.82. The van der Waals surface area contributed by atoms with Gasteiger partial charge in [0.2, 0.25) is 0 Å². The summed E-state index contributed by atoms with van der Waals surface area (Å²) in [5.41, 5.74) is 10.1. The number of nitrogens with zero attached hydrogens (tertiary/aromatic N) is 3. The highest BCUT2D eigenvalue weighted by Crippen LogP contribution is 2.42. The van der Waals surface area contributed by atoms with Crippen LogP contribution in [-0.4, -0.2) is 26.1 Å². The number of unbranched alkanes of at least 4 members (excludes halogenated alkanes) is 1. The second kappa shape index (κ2) is 9.07. The molecule has 0 spiro atoms. The van der Waals surface area contributed by atoms with Gasteiger partial charge < -0.3 is 14.8 Å². The molecular formula is C27H34N4S. The van der Waals surface area contributed by atoms with Crippen LogP contribution in [0.4, 0.5) is 0 Å². The molecule has 1 fully saturated rings. The van der Waals surface area contributed by atoms with Gasteiger partial charge in [0.05, 0.1) is 23.5 Å². The van der Waals surface area contributed by atoms with Crippen LogP contribution in [-0.2, 0) is 0 Å². The number of pyridine rings is 1. The predicted molar refractivity (Wildman–Crippen MR) is 137 cm³/mol. The lowest BCUT2D eigenvalue weighted by Gasteiger charge is -2.28.